The zero-order valence-corrected chi connectivity index (χ0v) is 18.3. The number of hydrogen-bond donors (Lipinski definition) is 1. The number of nitrogens with one attached hydrogen (secondary N) is 1. The number of ether oxygens (including phenoxy) is 3. The third-order valence-electron chi connectivity index (χ3n) is 5.57. The van der Waals surface area contributed by atoms with Crippen molar-refractivity contribution in [2.75, 3.05) is 30.5 Å². The van der Waals surface area contributed by atoms with Crippen molar-refractivity contribution < 1.29 is 23.8 Å². The molecule has 0 bridgehead atoms. The van der Waals surface area contributed by atoms with Crippen LogP contribution in [-0.4, -0.2) is 32.1 Å². The van der Waals surface area contributed by atoms with Crippen LogP contribution in [0.5, 0.6) is 17.2 Å². The van der Waals surface area contributed by atoms with E-state index in [0.29, 0.717) is 47.4 Å². The van der Waals surface area contributed by atoms with Crippen LogP contribution >= 0.6 is 0 Å². The van der Waals surface area contributed by atoms with Gasteiger partial charge in [0.2, 0.25) is 0 Å². The number of hydrogen-bond acceptors (Lipinski definition) is 6. The Morgan fingerprint density at radius 3 is 2.24 bits per heavy atom. The fourth-order valence-electron chi connectivity index (χ4n) is 3.86. The quantitative estimate of drug-likeness (QED) is 0.598. The predicted molar refractivity (Wildman–Crippen MR) is 125 cm³/mol. The zero-order chi connectivity index (χ0) is 22.9. The molecule has 0 aliphatic carbocycles. The van der Waals surface area contributed by atoms with E-state index in [4.69, 9.17) is 14.2 Å². The lowest BCUT2D eigenvalue weighted by atomic mass is 10.0. The van der Waals surface area contributed by atoms with Crippen molar-refractivity contribution >= 4 is 28.8 Å². The number of aryl methyl sites for hydroxylation is 1. The summed E-state index contributed by atoms with van der Waals surface area (Å²) in [5.41, 5.74) is 3.27. The summed E-state index contributed by atoms with van der Waals surface area (Å²) >= 11 is 0. The second-order valence-corrected chi connectivity index (χ2v) is 7.74. The Morgan fingerprint density at radius 2 is 1.55 bits per heavy atom. The van der Waals surface area contributed by atoms with E-state index < -0.39 is 11.8 Å². The molecule has 0 spiro atoms. The van der Waals surface area contributed by atoms with Gasteiger partial charge >= 0.3 is 0 Å². The lowest BCUT2D eigenvalue weighted by molar-refractivity contribution is -0.120. The smallest absolute Gasteiger partial charge is 0.282 e. The fraction of sp³-hybridized carbons (Fsp3) is 0.154. The standard InChI is InChI=1S/C26H22N2O5/c1-16-3-8-19(9-4-16)28-25(29)23(17-5-10-20(31-2)11-6-17)24(26(28)30)27-18-7-12-21-22(15-18)33-14-13-32-21/h3-12,15,27H,13-14H2,1-2H3. The highest BCUT2D eigenvalue weighted by molar-refractivity contribution is 6.46. The van der Waals surface area contributed by atoms with Gasteiger partial charge in [-0.2, -0.15) is 0 Å². The number of carbonyl (C=O) groups is 2. The molecule has 1 N–H and O–H groups in total. The van der Waals surface area contributed by atoms with Crippen LogP contribution in [0.3, 0.4) is 0 Å². The maximum atomic E-state index is 13.5. The van der Waals surface area contributed by atoms with Crippen LogP contribution in [0.2, 0.25) is 0 Å². The predicted octanol–water partition coefficient (Wildman–Crippen LogP) is 4.17. The molecule has 0 aromatic heterocycles. The summed E-state index contributed by atoms with van der Waals surface area (Å²) in [5.74, 6) is 1.07. The van der Waals surface area contributed by atoms with Crippen LogP contribution in [-0.2, 0) is 9.59 Å². The van der Waals surface area contributed by atoms with Gasteiger partial charge in [0.15, 0.2) is 11.5 Å². The van der Waals surface area contributed by atoms with Crippen LogP contribution < -0.4 is 24.4 Å². The molecule has 33 heavy (non-hydrogen) atoms. The largest absolute Gasteiger partial charge is 0.497 e. The number of anilines is 2. The molecule has 5 rings (SSSR count). The first-order valence-electron chi connectivity index (χ1n) is 10.6. The molecule has 0 fully saturated rings. The molecule has 2 heterocycles. The Labute approximate surface area is 191 Å². The molecule has 7 nitrogen and oxygen atoms in total. The van der Waals surface area contributed by atoms with Gasteiger partial charge in [-0.25, -0.2) is 4.90 Å². The van der Waals surface area contributed by atoms with E-state index in [1.54, 1.807) is 61.7 Å². The Bertz CT molecular complexity index is 1260. The van der Waals surface area contributed by atoms with Gasteiger partial charge in [-0.15, -0.1) is 0 Å². The summed E-state index contributed by atoms with van der Waals surface area (Å²) in [6.45, 7) is 2.90. The number of carbonyl (C=O) groups excluding carboxylic acids is 2. The highest BCUT2D eigenvalue weighted by atomic mass is 16.6. The summed E-state index contributed by atoms with van der Waals surface area (Å²) in [6, 6.07) is 19.7. The van der Waals surface area contributed by atoms with Crippen LogP contribution in [0, 0.1) is 6.92 Å². The molecular formula is C26H22N2O5. The van der Waals surface area contributed by atoms with E-state index in [1.165, 1.54) is 4.90 Å². The molecule has 2 aliphatic heterocycles. The number of amides is 2. The number of rotatable bonds is 5. The topological polar surface area (TPSA) is 77.1 Å². The molecule has 0 radical (unpaired) electrons. The highest BCUT2D eigenvalue weighted by Gasteiger charge is 2.40. The Morgan fingerprint density at radius 1 is 0.848 bits per heavy atom. The lowest BCUT2D eigenvalue weighted by Crippen LogP contribution is -2.32. The third-order valence-corrected chi connectivity index (χ3v) is 5.57. The minimum atomic E-state index is -0.426. The van der Waals surface area contributed by atoms with Crippen molar-refractivity contribution in [3.63, 3.8) is 0 Å². The Hall–Kier alpha value is -4.26. The molecule has 2 aliphatic rings. The first kappa shape index (κ1) is 20.6. The van der Waals surface area contributed by atoms with E-state index in [9.17, 15) is 9.59 Å². The van der Waals surface area contributed by atoms with Crippen molar-refractivity contribution in [3.05, 3.63) is 83.6 Å². The molecule has 0 unspecified atom stereocenters. The summed E-state index contributed by atoms with van der Waals surface area (Å²) in [5, 5.41) is 3.16. The normalized spacial score (nSPS) is 15.2. The minimum absolute atomic E-state index is 0.197. The van der Waals surface area contributed by atoms with Gasteiger partial charge in [-0.05, 0) is 48.9 Å². The summed E-state index contributed by atoms with van der Waals surface area (Å²) in [7, 11) is 1.58. The van der Waals surface area contributed by atoms with Crippen LogP contribution in [0.15, 0.2) is 72.4 Å². The van der Waals surface area contributed by atoms with Gasteiger partial charge in [0.05, 0.1) is 18.4 Å². The average Bonchev–Trinajstić information content (AvgIpc) is 3.09. The Kier molecular flexibility index (Phi) is 5.22. The zero-order valence-electron chi connectivity index (χ0n) is 18.3. The van der Waals surface area contributed by atoms with E-state index in [0.717, 1.165) is 5.56 Å². The number of nitrogens with zero attached hydrogens (tertiary/aromatic N) is 1. The molecule has 0 atom stereocenters. The summed E-state index contributed by atoms with van der Waals surface area (Å²) in [4.78, 5) is 28.2. The first-order valence-corrected chi connectivity index (χ1v) is 10.6. The highest BCUT2D eigenvalue weighted by Crippen LogP contribution is 2.37. The van der Waals surface area contributed by atoms with Crippen LogP contribution in [0.25, 0.3) is 5.57 Å². The third kappa shape index (κ3) is 3.78. The van der Waals surface area contributed by atoms with Crippen molar-refractivity contribution in [2.45, 2.75) is 6.92 Å². The van der Waals surface area contributed by atoms with Crippen molar-refractivity contribution in [2.24, 2.45) is 0 Å². The van der Waals surface area contributed by atoms with E-state index in [-0.39, 0.29) is 11.3 Å². The van der Waals surface area contributed by atoms with Gasteiger partial charge < -0.3 is 19.5 Å². The van der Waals surface area contributed by atoms with Crippen LogP contribution in [0.1, 0.15) is 11.1 Å². The molecular weight excluding hydrogens is 420 g/mol. The van der Waals surface area contributed by atoms with Crippen LogP contribution in [0.4, 0.5) is 11.4 Å². The van der Waals surface area contributed by atoms with Crippen molar-refractivity contribution in [1.29, 1.82) is 0 Å². The van der Waals surface area contributed by atoms with Gasteiger partial charge in [-0.3, -0.25) is 9.59 Å². The fourth-order valence-corrected chi connectivity index (χ4v) is 3.86. The SMILES string of the molecule is COc1ccc(C2=C(Nc3ccc4c(c3)OCCO4)C(=O)N(c3ccc(C)cc3)C2=O)cc1. The maximum Gasteiger partial charge on any atom is 0.282 e. The monoisotopic (exact) mass is 442 g/mol. The second kappa shape index (κ2) is 8.35. The molecule has 0 saturated carbocycles. The van der Waals surface area contributed by atoms with Crippen molar-refractivity contribution in [3.8, 4) is 17.2 Å². The van der Waals surface area contributed by atoms with Gasteiger partial charge in [0, 0.05) is 11.8 Å². The van der Waals surface area contributed by atoms with Crippen molar-refractivity contribution in [1.82, 2.24) is 0 Å². The molecule has 2 amide bonds. The van der Waals surface area contributed by atoms with E-state index in [2.05, 4.69) is 5.32 Å². The van der Waals surface area contributed by atoms with E-state index >= 15 is 0 Å². The number of fused-ring (bicyclic) bond motifs is 1. The molecule has 0 saturated heterocycles. The molecule has 3 aromatic carbocycles. The Balaban J connectivity index is 1.57. The number of methoxy groups -OCH3 is 1. The second-order valence-electron chi connectivity index (χ2n) is 7.74. The van der Waals surface area contributed by atoms with E-state index in [1.807, 2.05) is 19.1 Å². The number of imide groups is 1. The molecule has 166 valence electrons. The first-order chi connectivity index (χ1) is 16.0. The molecule has 3 aromatic rings. The molecule has 7 heteroatoms. The minimum Gasteiger partial charge on any atom is -0.497 e. The average molecular weight is 442 g/mol. The lowest BCUT2D eigenvalue weighted by Gasteiger charge is -2.19. The maximum absolute atomic E-state index is 13.5. The van der Waals surface area contributed by atoms with Gasteiger partial charge in [0.1, 0.15) is 24.7 Å². The van der Waals surface area contributed by atoms with Gasteiger partial charge in [-0.1, -0.05) is 29.8 Å². The van der Waals surface area contributed by atoms with Gasteiger partial charge in [0.25, 0.3) is 11.8 Å². The number of benzene rings is 3. The summed E-state index contributed by atoms with van der Waals surface area (Å²) in [6.07, 6.45) is 0. The summed E-state index contributed by atoms with van der Waals surface area (Å²) < 4.78 is 16.5.